The van der Waals surface area contributed by atoms with Crippen molar-refractivity contribution in [3.8, 4) is 0 Å². The first-order valence-corrected chi connectivity index (χ1v) is 4.42. The standard InChI is InChI=1S/C9H12ClNO/c1-2-4-8(12)9-7(10)5-3-6-11-9/h3,5-6,8,12H,2,4H2,1H3/t8-/m0/s1. The van der Waals surface area contributed by atoms with Crippen molar-refractivity contribution >= 4 is 11.6 Å². The van der Waals surface area contributed by atoms with E-state index in [4.69, 9.17) is 11.6 Å². The summed E-state index contributed by atoms with van der Waals surface area (Å²) in [5, 5.41) is 10.1. The molecule has 0 fully saturated rings. The fraction of sp³-hybridized carbons (Fsp3) is 0.444. The highest BCUT2D eigenvalue weighted by Crippen LogP contribution is 2.22. The Hall–Kier alpha value is -0.600. The van der Waals surface area contributed by atoms with E-state index >= 15 is 0 Å². The minimum Gasteiger partial charge on any atom is -0.387 e. The lowest BCUT2D eigenvalue weighted by Gasteiger charge is -2.09. The van der Waals surface area contributed by atoms with Crippen molar-refractivity contribution < 1.29 is 5.11 Å². The zero-order valence-corrected chi connectivity index (χ0v) is 7.75. The number of hydrogen-bond donors (Lipinski definition) is 1. The smallest absolute Gasteiger partial charge is 0.0974 e. The highest BCUT2D eigenvalue weighted by atomic mass is 35.5. The van der Waals surface area contributed by atoms with Crippen LogP contribution in [0.1, 0.15) is 31.6 Å². The summed E-state index contributed by atoms with van der Waals surface area (Å²) >= 11 is 5.83. The van der Waals surface area contributed by atoms with Gasteiger partial charge in [0.15, 0.2) is 0 Å². The second kappa shape index (κ2) is 4.43. The van der Waals surface area contributed by atoms with Gasteiger partial charge in [0.25, 0.3) is 0 Å². The van der Waals surface area contributed by atoms with Gasteiger partial charge in [0.05, 0.1) is 16.8 Å². The summed E-state index contributed by atoms with van der Waals surface area (Å²) in [5.41, 5.74) is 0.584. The van der Waals surface area contributed by atoms with Gasteiger partial charge in [0.2, 0.25) is 0 Å². The number of hydrogen-bond acceptors (Lipinski definition) is 2. The van der Waals surface area contributed by atoms with E-state index in [-0.39, 0.29) is 0 Å². The van der Waals surface area contributed by atoms with Gasteiger partial charge in [-0.25, -0.2) is 0 Å². The topological polar surface area (TPSA) is 33.1 Å². The van der Waals surface area contributed by atoms with Crippen LogP contribution in [0, 0.1) is 0 Å². The van der Waals surface area contributed by atoms with E-state index in [1.165, 1.54) is 0 Å². The first-order chi connectivity index (χ1) is 5.75. The van der Waals surface area contributed by atoms with Crippen molar-refractivity contribution in [1.29, 1.82) is 0 Å². The van der Waals surface area contributed by atoms with Crippen molar-refractivity contribution in [2.45, 2.75) is 25.9 Å². The lowest BCUT2D eigenvalue weighted by molar-refractivity contribution is 0.162. The van der Waals surface area contributed by atoms with E-state index in [9.17, 15) is 5.11 Å². The summed E-state index contributed by atoms with van der Waals surface area (Å²) in [7, 11) is 0. The van der Waals surface area contributed by atoms with Crippen molar-refractivity contribution in [2.75, 3.05) is 0 Å². The van der Waals surface area contributed by atoms with E-state index in [2.05, 4.69) is 4.98 Å². The third-order valence-corrected chi connectivity index (χ3v) is 1.98. The van der Waals surface area contributed by atoms with E-state index in [1.54, 1.807) is 18.3 Å². The van der Waals surface area contributed by atoms with Gasteiger partial charge in [-0.2, -0.15) is 0 Å². The molecule has 12 heavy (non-hydrogen) atoms. The van der Waals surface area contributed by atoms with Gasteiger partial charge >= 0.3 is 0 Å². The van der Waals surface area contributed by atoms with E-state index in [0.29, 0.717) is 17.1 Å². The second-order valence-corrected chi connectivity index (χ2v) is 3.08. The molecule has 66 valence electrons. The molecular weight excluding hydrogens is 174 g/mol. The molecule has 1 N–H and O–H groups in total. The van der Waals surface area contributed by atoms with Gasteiger partial charge in [0, 0.05) is 6.20 Å². The number of rotatable bonds is 3. The van der Waals surface area contributed by atoms with Crippen molar-refractivity contribution in [3.05, 3.63) is 29.0 Å². The van der Waals surface area contributed by atoms with Crippen LogP contribution in [0.4, 0.5) is 0 Å². The largest absolute Gasteiger partial charge is 0.387 e. The lowest BCUT2D eigenvalue weighted by atomic mass is 10.1. The average molecular weight is 186 g/mol. The van der Waals surface area contributed by atoms with Crippen LogP contribution in [-0.2, 0) is 0 Å². The Morgan fingerprint density at radius 3 is 3.00 bits per heavy atom. The molecule has 0 aromatic carbocycles. The Morgan fingerprint density at radius 1 is 1.67 bits per heavy atom. The molecule has 0 saturated heterocycles. The summed E-state index contributed by atoms with van der Waals surface area (Å²) in [6.07, 6.45) is 2.74. The molecular formula is C9H12ClNO. The summed E-state index contributed by atoms with van der Waals surface area (Å²) in [6.45, 7) is 2.01. The molecule has 0 amide bonds. The predicted octanol–water partition coefficient (Wildman–Crippen LogP) is 2.57. The Balaban J connectivity index is 2.79. The number of halogens is 1. The molecule has 1 aromatic rings. The Labute approximate surface area is 77.2 Å². The first kappa shape index (κ1) is 9.49. The van der Waals surface area contributed by atoms with Gasteiger partial charge in [-0.15, -0.1) is 0 Å². The van der Waals surface area contributed by atoms with Gasteiger partial charge in [-0.05, 0) is 18.6 Å². The van der Waals surface area contributed by atoms with E-state index in [0.717, 1.165) is 6.42 Å². The zero-order valence-electron chi connectivity index (χ0n) is 7.00. The van der Waals surface area contributed by atoms with Gasteiger partial charge < -0.3 is 5.11 Å². The molecule has 1 heterocycles. The minimum atomic E-state index is -0.524. The van der Waals surface area contributed by atoms with Crippen molar-refractivity contribution in [1.82, 2.24) is 4.98 Å². The maximum atomic E-state index is 9.55. The second-order valence-electron chi connectivity index (χ2n) is 2.67. The number of pyridine rings is 1. The lowest BCUT2D eigenvalue weighted by Crippen LogP contribution is -2.00. The highest BCUT2D eigenvalue weighted by molar-refractivity contribution is 6.31. The maximum absolute atomic E-state index is 9.55. The molecule has 0 aliphatic heterocycles. The molecule has 0 unspecified atom stereocenters. The molecule has 1 atom stereocenters. The van der Waals surface area contributed by atoms with Gasteiger partial charge in [-0.1, -0.05) is 24.9 Å². The Morgan fingerprint density at radius 2 is 2.42 bits per heavy atom. The molecule has 1 rings (SSSR count). The molecule has 3 heteroatoms. The van der Waals surface area contributed by atoms with Gasteiger partial charge in [0.1, 0.15) is 0 Å². The average Bonchev–Trinajstić information content (AvgIpc) is 2.05. The molecule has 0 bridgehead atoms. The molecule has 1 aromatic heterocycles. The van der Waals surface area contributed by atoms with Crippen LogP contribution >= 0.6 is 11.6 Å². The SMILES string of the molecule is CCC[C@H](O)c1ncccc1Cl. The number of nitrogens with zero attached hydrogens (tertiary/aromatic N) is 1. The number of aliphatic hydroxyl groups is 1. The molecule has 2 nitrogen and oxygen atoms in total. The minimum absolute atomic E-state index is 0.524. The van der Waals surface area contributed by atoms with Gasteiger partial charge in [-0.3, -0.25) is 4.98 Å². The normalized spacial score (nSPS) is 12.9. The number of aromatic nitrogens is 1. The maximum Gasteiger partial charge on any atom is 0.0974 e. The molecule has 0 aliphatic rings. The Bertz CT molecular complexity index is 252. The third kappa shape index (κ3) is 2.19. The van der Waals surface area contributed by atoms with Crippen LogP contribution < -0.4 is 0 Å². The molecule has 0 saturated carbocycles. The fourth-order valence-electron chi connectivity index (χ4n) is 1.05. The Kier molecular flexibility index (Phi) is 3.50. The van der Waals surface area contributed by atoms with Crippen LogP contribution in [0.5, 0.6) is 0 Å². The highest BCUT2D eigenvalue weighted by Gasteiger charge is 2.10. The van der Waals surface area contributed by atoms with Crippen LogP contribution in [-0.4, -0.2) is 10.1 Å². The third-order valence-electron chi connectivity index (χ3n) is 1.66. The van der Waals surface area contributed by atoms with Crippen LogP contribution in [0.3, 0.4) is 0 Å². The van der Waals surface area contributed by atoms with Crippen molar-refractivity contribution in [2.24, 2.45) is 0 Å². The molecule has 0 spiro atoms. The van der Waals surface area contributed by atoms with Crippen LogP contribution in [0.2, 0.25) is 5.02 Å². The quantitative estimate of drug-likeness (QED) is 0.785. The summed E-state index contributed by atoms with van der Waals surface area (Å²) in [4.78, 5) is 4.01. The van der Waals surface area contributed by atoms with E-state index in [1.807, 2.05) is 6.92 Å². The molecule has 0 aliphatic carbocycles. The van der Waals surface area contributed by atoms with Crippen LogP contribution in [0.25, 0.3) is 0 Å². The van der Waals surface area contributed by atoms with Crippen molar-refractivity contribution in [3.63, 3.8) is 0 Å². The predicted molar refractivity (Wildman–Crippen MR) is 49.1 cm³/mol. The monoisotopic (exact) mass is 185 g/mol. The number of aliphatic hydroxyl groups excluding tert-OH is 1. The zero-order chi connectivity index (χ0) is 8.97. The fourth-order valence-corrected chi connectivity index (χ4v) is 1.30. The van der Waals surface area contributed by atoms with E-state index < -0.39 is 6.10 Å². The summed E-state index contributed by atoms with van der Waals surface area (Å²) < 4.78 is 0. The van der Waals surface area contributed by atoms with Crippen LogP contribution in [0.15, 0.2) is 18.3 Å². The summed E-state index contributed by atoms with van der Waals surface area (Å²) in [5.74, 6) is 0. The molecule has 0 radical (unpaired) electrons. The first-order valence-electron chi connectivity index (χ1n) is 4.04. The summed E-state index contributed by atoms with van der Waals surface area (Å²) in [6, 6.07) is 3.49.